The van der Waals surface area contributed by atoms with Crippen LogP contribution in [0, 0.1) is 0 Å². The third-order valence-electron chi connectivity index (χ3n) is 2.98. The summed E-state index contributed by atoms with van der Waals surface area (Å²) in [5.41, 5.74) is 2.33. The van der Waals surface area contributed by atoms with E-state index >= 15 is 0 Å². The van der Waals surface area contributed by atoms with E-state index in [1.807, 2.05) is 60.7 Å². The van der Waals surface area contributed by atoms with Gasteiger partial charge in [-0.15, -0.1) is 0 Å². The number of benzene rings is 1. The van der Waals surface area contributed by atoms with Gasteiger partial charge in [-0.25, -0.2) is 18.3 Å². The molecule has 0 saturated carbocycles. The summed E-state index contributed by atoms with van der Waals surface area (Å²) < 4.78 is 8.25. The zero-order valence-electron chi connectivity index (χ0n) is 11.3. The molecule has 3 aromatic rings. The first-order valence-corrected chi connectivity index (χ1v) is 5.90. The van der Waals surface area contributed by atoms with Crippen molar-refractivity contribution in [3.8, 4) is 11.4 Å². The lowest BCUT2D eigenvalue weighted by molar-refractivity contribution is -0.598. The summed E-state index contributed by atoms with van der Waals surface area (Å²) in [6, 6.07) is 8.48. The van der Waals surface area contributed by atoms with Crippen molar-refractivity contribution in [2.75, 3.05) is 0 Å². The van der Waals surface area contributed by atoms with Gasteiger partial charge in [-0.05, 0) is 24.3 Å². The second-order valence-corrected chi connectivity index (χ2v) is 4.49. The summed E-state index contributed by atoms with van der Waals surface area (Å²) in [6.45, 7) is 0. The van der Waals surface area contributed by atoms with Crippen LogP contribution in [0.1, 0.15) is 0 Å². The van der Waals surface area contributed by atoms with Crippen molar-refractivity contribution in [3.63, 3.8) is 0 Å². The average molecular weight is 494 g/mol. The predicted molar refractivity (Wildman–Crippen MR) is 67.4 cm³/mol. The first kappa shape index (κ1) is 17.2. The highest BCUT2D eigenvalue weighted by molar-refractivity contribution is 5.31. The molecule has 0 fully saturated rings. The number of aryl methyl sites for hydroxylation is 2. The van der Waals surface area contributed by atoms with E-state index in [2.05, 4.69) is 33.4 Å². The molecule has 0 unspecified atom stereocenters. The second-order valence-electron chi connectivity index (χ2n) is 4.49. The van der Waals surface area contributed by atoms with Gasteiger partial charge in [0.15, 0.2) is 0 Å². The fraction of sp³-hybridized carbons (Fsp3) is 0.143. The lowest BCUT2D eigenvalue weighted by Gasteiger charge is -1.97. The number of rotatable bonds is 2. The van der Waals surface area contributed by atoms with Gasteiger partial charge in [-0.3, -0.25) is 0 Å². The van der Waals surface area contributed by atoms with Crippen LogP contribution in [0.25, 0.3) is 11.4 Å². The van der Waals surface area contributed by atoms with Crippen molar-refractivity contribution in [3.05, 3.63) is 61.7 Å². The van der Waals surface area contributed by atoms with Crippen LogP contribution in [0.5, 0.6) is 0 Å². The molecule has 4 nitrogen and oxygen atoms in total. The molecule has 0 bridgehead atoms. The molecule has 0 saturated heterocycles. The Labute approximate surface area is 152 Å². The highest BCUT2D eigenvalue weighted by Gasteiger charge is 2.07. The molecule has 2 heterocycles. The fourth-order valence-corrected chi connectivity index (χ4v) is 2.00. The minimum atomic E-state index is 0. The topological polar surface area (TPSA) is 17.6 Å². The summed E-state index contributed by atoms with van der Waals surface area (Å²) in [6.07, 6.45) is 12.2. The number of imidazole rings is 2. The lowest BCUT2D eigenvalue weighted by Crippen LogP contribution is -3.00. The van der Waals surface area contributed by atoms with Crippen LogP contribution in [0.3, 0.4) is 0 Å². The second kappa shape index (κ2) is 7.21. The highest BCUT2D eigenvalue weighted by Crippen LogP contribution is 2.03. The van der Waals surface area contributed by atoms with Crippen LogP contribution in [0.2, 0.25) is 0 Å². The molecule has 0 N–H and O–H groups in total. The molecule has 3 rings (SSSR count). The van der Waals surface area contributed by atoms with Gasteiger partial charge in [0.05, 0.1) is 14.1 Å². The number of hydrogen-bond acceptors (Lipinski definition) is 0. The normalized spacial score (nSPS) is 9.70. The quantitative estimate of drug-likeness (QED) is 0.251. The SMILES string of the molecule is Cn1cc[n+](-c2ccc(-[n+]3ccn(C)c3)cc2)c1.[I-].[I-]. The number of aromatic nitrogens is 4. The van der Waals surface area contributed by atoms with Crippen molar-refractivity contribution in [1.82, 2.24) is 9.13 Å². The zero-order valence-corrected chi connectivity index (χ0v) is 15.6. The maximum absolute atomic E-state index is 2.12. The van der Waals surface area contributed by atoms with Crippen molar-refractivity contribution < 1.29 is 57.1 Å². The molecule has 6 heteroatoms. The Morgan fingerprint density at radius 3 is 1.30 bits per heavy atom. The summed E-state index contributed by atoms with van der Waals surface area (Å²) in [5.74, 6) is 0. The van der Waals surface area contributed by atoms with Crippen molar-refractivity contribution in [2.45, 2.75) is 0 Å². The van der Waals surface area contributed by atoms with Gasteiger partial charge in [0.2, 0.25) is 12.7 Å². The van der Waals surface area contributed by atoms with Crippen LogP contribution in [-0.4, -0.2) is 9.13 Å². The van der Waals surface area contributed by atoms with E-state index in [-0.39, 0.29) is 48.0 Å². The molecule has 0 amide bonds. The highest BCUT2D eigenvalue weighted by atomic mass is 127. The molecule has 20 heavy (non-hydrogen) atoms. The van der Waals surface area contributed by atoms with Gasteiger partial charge in [0, 0.05) is 0 Å². The monoisotopic (exact) mass is 494 g/mol. The number of nitrogens with zero attached hydrogens (tertiary/aromatic N) is 4. The number of halogens is 2. The first-order chi connectivity index (χ1) is 8.72. The Hall–Kier alpha value is -0.900. The Kier molecular flexibility index (Phi) is 6.18. The molecule has 0 radical (unpaired) electrons. The molecular formula is C14H16I2N4. The maximum Gasteiger partial charge on any atom is 0.248 e. The van der Waals surface area contributed by atoms with Crippen molar-refractivity contribution in [2.24, 2.45) is 14.1 Å². The van der Waals surface area contributed by atoms with E-state index in [9.17, 15) is 0 Å². The maximum atomic E-state index is 2.12. The molecule has 1 aromatic carbocycles. The van der Waals surface area contributed by atoms with Gasteiger partial charge in [0.1, 0.15) is 36.2 Å². The standard InChI is InChI=1S/C14H16N4.2HI/c1-15-7-9-17(11-15)13-3-5-14(6-4-13)18-10-8-16(2)12-18;;/h3-12H,1-2H3;2*1H/q+2;;/p-2. The van der Waals surface area contributed by atoms with Crippen LogP contribution in [0.4, 0.5) is 0 Å². The average Bonchev–Trinajstić information content (AvgIpc) is 2.98. The van der Waals surface area contributed by atoms with Crippen molar-refractivity contribution in [1.29, 1.82) is 0 Å². The molecule has 0 atom stereocenters. The van der Waals surface area contributed by atoms with E-state index in [4.69, 9.17) is 0 Å². The minimum Gasteiger partial charge on any atom is -1.00 e. The third kappa shape index (κ3) is 3.60. The summed E-state index contributed by atoms with van der Waals surface area (Å²) in [4.78, 5) is 0. The van der Waals surface area contributed by atoms with E-state index in [1.54, 1.807) is 0 Å². The van der Waals surface area contributed by atoms with Gasteiger partial charge >= 0.3 is 0 Å². The molecular weight excluding hydrogens is 478 g/mol. The van der Waals surface area contributed by atoms with Crippen LogP contribution < -0.4 is 57.1 Å². The Balaban J connectivity index is 0.000001000. The number of hydrogen-bond donors (Lipinski definition) is 0. The van der Waals surface area contributed by atoms with E-state index in [0.717, 1.165) is 11.4 Å². The first-order valence-electron chi connectivity index (χ1n) is 5.90. The fourth-order valence-electron chi connectivity index (χ4n) is 2.00. The van der Waals surface area contributed by atoms with Gasteiger partial charge in [-0.2, -0.15) is 0 Å². The Morgan fingerprint density at radius 1 is 0.700 bits per heavy atom. The molecule has 0 aliphatic carbocycles. The van der Waals surface area contributed by atoms with Crippen molar-refractivity contribution >= 4 is 0 Å². The smallest absolute Gasteiger partial charge is 0.248 e. The van der Waals surface area contributed by atoms with Gasteiger partial charge in [0.25, 0.3) is 0 Å². The molecule has 0 aliphatic heterocycles. The van der Waals surface area contributed by atoms with Gasteiger partial charge < -0.3 is 48.0 Å². The van der Waals surface area contributed by atoms with Crippen LogP contribution >= 0.6 is 0 Å². The zero-order chi connectivity index (χ0) is 12.5. The third-order valence-corrected chi connectivity index (χ3v) is 2.98. The molecule has 0 spiro atoms. The molecule has 2 aromatic heterocycles. The van der Waals surface area contributed by atoms with E-state index in [0.29, 0.717) is 0 Å². The van der Waals surface area contributed by atoms with Crippen LogP contribution in [-0.2, 0) is 14.1 Å². The van der Waals surface area contributed by atoms with E-state index < -0.39 is 0 Å². The summed E-state index contributed by atoms with van der Waals surface area (Å²) in [5, 5.41) is 0. The Bertz CT molecular complexity index is 611. The lowest BCUT2D eigenvalue weighted by atomic mass is 10.3. The van der Waals surface area contributed by atoms with Crippen LogP contribution in [0.15, 0.2) is 61.7 Å². The minimum absolute atomic E-state index is 0. The Morgan fingerprint density at radius 2 is 1.05 bits per heavy atom. The largest absolute Gasteiger partial charge is 1.00 e. The molecule has 0 aliphatic rings. The summed E-state index contributed by atoms with van der Waals surface area (Å²) in [7, 11) is 4.04. The van der Waals surface area contributed by atoms with E-state index in [1.165, 1.54) is 0 Å². The molecule has 106 valence electrons. The predicted octanol–water partition coefficient (Wildman–Crippen LogP) is -5.07. The van der Waals surface area contributed by atoms with Gasteiger partial charge in [-0.1, -0.05) is 0 Å². The summed E-state index contributed by atoms with van der Waals surface area (Å²) >= 11 is 0.